The van der Waals surface area contributed by atoms with E-state index >= 15 is 0 Å². The summed E-state index contributed by atoms with van der Waals surface area (Å²) in [4.78, 5) is 19.0. The standard InChI is InChI=1S/C19H22N2O3S/c22-18(15-6-11-25-12-15)21-9-5-16-19(13-21,7-3-10-23-16)14-24-17-4-1-2-8-20-17/h1-2,4,6,8,11-12,16H,3,5,7,9-10,13-14H2/t16-,19+/m1/s1. The predicted molar refractivity (Wildman–Crippen MR) is 96.0 cm³/mol. The number of rotatable bonds is 4. The number of likely N-dealkylation sites (tertiary alicyclic amines) is 1. The van der Waals surface area contributed by atoms with Crippen LogP contribution in [0.25, 0.3) is 0 Å². The fourth-order valence-corrected chi connectivity index (χ4v) is 4.52. The SMILES string of the molecule is O=C(c1ccsc1)N1CC[C@H]2OCCC[C@@]2(COc2ccccn2)C1. The summed E-state index contributed by atoms with van der Waals surface area (Å²) in [5.74, 6) is 0.741. The highest BCUT2D eigenvalue weighted by Gasteiger charge is 2.47. The smallest absolute Gasteiger partial charge is 0.254 e. The average Bonchev–Trinajstić information content (AvgIpc) is 3.21. The summed E-state index contributed by atoms with van der Waals surface area (Å²) < 4.78 is 12.1. The van der Waals surface area contributed by atoms with E-state index in [0.29, 0.717) is 19.0 Å². The van der Waals surface area contributed by atoms with Gasteiger partial charge in [-0.25, -0.2) is 4.98 Å². The third kappa shape index (κ3) is 3.41. The minimum atomic E-state index is -0.153. The van der Waals surface area contributed by atoms with Crippen LogP contribution in [-0.2, 0) is 4.74 Å². The van der Waals surface area contributed by atoms with E-state index in [1.165, 1.54) is 0 Å². The molecule has 4 rings (SSSR count). The first-order chi connectivity index (χ1) is 12.3. The van der Waals surface area contributed by atoms with Crippen molar-refractivity contribution in [3.8, 4) is 5.88 Å². The van der Waals surface area contributed by atoms with Gasteiger partial charge in [0.05, 0.1) is 18.3 Å². The van der Waals surface area contributed by atoms with Gasteiger partial charge in [-0.1, -0.05) is 6.07 Å². The monoisotopic (exact) mass is 358 g/mol. The molecule has 0 bridgehead atoms. The minimum absolute atomic E-state index is 0.113. The first kappa shape index (κ1) is 16.5. The van der Waals surface area contributed by atoms with Crippen LogP contribution in [0.3, 0.4) is 0 Å². The van der Waals surface area contributed by atoms with Crippen LogP contribution in [0.1, 0.15) is 29.6 Å². The number of nitrogens with zero attached hydrogens (tertiary/aromatic N) is 2. The van der Waals surface area contributed by atoms with Gasteiger partial charge in [-0.2, -0.15) is 11.3 Å². The van der Waals surface area contributed by atoms with Crippen molar-refractivity contribution in [3.63, 3.8) is 0 Å². The Morgan fingerprint density at radius 3 is 3.20 bits per heavy atom. The van der Waals surface area contributed by atoms with Gasteiger partial charge in [-0.3, -0.25) is 4.79 Å². The number of ether oxygens (including phenoxy) is 2. The lowest BCUT2D eigenvalue weighted by Gasteiger charge is -2.50. The lowest BCUT2D eigenvalue weighted by molar-refractivity contribution is -0.133. The van der Waals surface area contributed by atoms with Crippen LogP contribution in [0.4, 0.5) is 0 Å². The molecule has 4 heterocycles. The predicted octanol–water partition coefficient (Wildman–Crippen LogP) is 3.23. The maximum absolute atomic E-state index is 12.8. The van der Waals surface area contributed by atoms with Crippen molar-refractivity contribution in [1.29, 1.82) is 0 Å². The second-order valence-corrected chi connectivity index (χ2v) is 7.59. The maximum Gasteiger partial charge on any atom is 0.254 e. The Labute approximate surface area is 151 Å². The molecule has 2 aromatic heterocycles. The van der Waals surface area contributed by atoms with Gasteiger partial charge in [0, 0.05) is 42.8 Å². The van der Waals surface area contributed by atoms with Crippen LogP contribution in [0.2, 0.25) is 0 Å². The molecule has 1 amide bonds. The molecule has 6 heteroatoms. The highest BCUT2D eigenvalue weighted by atomic mass is 32.1. The molecular weight excluding hydrogens is 336 g/mol. The van der Waals surface area contributed by atoms with Gasteiger partial charge in [-0.05, 0) is 36.8 Å². The van der Waals surface area contributed by atoms with Crippen molar-refractivity contribution in [1.82, 2.24) is 9.88 Å². The lowest BCUT2D eigenvalue weighted by atomic mass is 9.73. The average molecular weight is 358 g/mol. The van der Waals surface area contributed by atoms with E-state index in [2.05, 4.69) is 4.98 Å². The van der Waals surface area contributed by atoms with Crippen LogP contribution in [-0.4, -0.2) is 48.2 Å². The molecule has 5 nitrogen and oxygen atoms in total. The summed E-state index contributed by atoms with van der Waals surface area (Å²) in [6.07, 6.45) is 4.76. The summed E-state index contributed by atoms with van der Waals surface area (Å²) in [7, 11) is 0. The number of carbonyl (C=O) groups excluding carboxylic acids is 1. The molecule has 0 aromatic carbocycles. The van der Waals surface area contributed by atoms with Crippen molar-refractivity contribution in [2.24, 2.45) is 5.41 Å². The molecular formula is C19H22N2O3S. The Balaban J connectivity index is 1.51. The molecule has 2 aliphatic rings. The maximum atomic E-state index is 12.8. The van der Waals surface area contributed by atoms with Gasteiger partial charge < -0.3 is 14.4 Å². The van der Waals surface area contributed by atoms with Crippen molar-refractivity contribution >= 4 is 17.2 Å². The molecule has 0 unspecified atom stereocenters. The van der Waals surface area contributed by atoms with Crippen LogP contribution < -0.4 is 4.74 Å². The zero-order chi connectivity index (χ0) is 17.1. The van der Waals surface area contributed by atoms with Crippen LogP contribution in [0.15, 0.2) is 41.2 Å². The van der Waals surface area contributed by atoms with Gasteiger partial charge in [0.15, 0.2) is 0 Å². The zero-order valence-electron chi connectivity index (χ0n) is 14.1. The van der Waals surface area contributed by atoms with Crippen molar-refractivity contribution in [3.05, 3.63) is 46.8 Å². The molecule has 2 fully saturated rings. The molecule has 0 aliphatic carbocycles. The van der Waals surface area contributed by atoms with Crippen LogP contribution in [0.5, 0.6) is 5.88 Å². The highest BCUT2D eigenvalue weighted by Crippen LogP contribution is 2.41. The number of amides is 1. The van der Waals surface area contributed by atoms with Crippen LogP contribution >= 0.6 is 11.3 Å². The summed E-state index contributed by atoms with van der Waals surface area (Å²) in [6, 6.07) is 7.56. The minimum Gasteiger partial charge on any atom is -0.477 e. The van der Waals surface area contributed by atoms with Gasteiger partial charge in [-0.15, -0.1) is 0 Å². The number of aromatic nitrogens is 1. The Bertz CT molecular complexity index is 707. The highest BCUT2D eigenvalue weighted by molar-refractivity contribution is 7.08. The molecule has 0 saturated carbocycles. The molecule has 2 saturated heterocycles. The fourth-order valence-electron chi connectivity index (χ4n) is 3.89. The molecule has 2 aliphatic heterocycles. The Hall–Kier alpha value is -1.92. The molecule has 2 aromatic rings. The van der Waals surface area contributed by atoms with E-state index in [1.807, 2.05) is 39.9 Å². The number of piperidine rings is 1. The molecule has 0 radical (unpaired) electrons. The summed E-state index contributed by atoms with van der Waals surface area (Å²) in [5.41, 5.74) is 0.626. The summed E-state index contributed by atoms with van der Waals surface area (Å²) in [6.45, 7) is 2.75. The number of hydrogen-bond donors (Lipinski definition) is 0. The van der Waals surface area contributed by atoms with Gasteiger partial charge >= 0.3 is 0 Å². The third-order valence-electron chi connectivity index (χ3n) is 5.19. The number of carbonyl (C=O) groups is 1. The fraction of sp³-hybridized carbons (Fsp3) is 0.474. The van der Waals surface area contributed by atoms with Gasteiger partial charge in [0.25, 0.3) is 5.91 Å². The molecule has 132 valence electrons. The van der Waals surface area contributed by atoms with Gasteiger partial charge in [0.1, 0.15) is 0 Å². The molecule has 0 spiro atoms. The van der Waals surface area contributed by atoms with E-state index in [9.17, 15) is 4.79 Å². The summed E-state index contributed by atoms with van der Waals surface area (Å²) >= 11 is 1.56. The van der Waals surface area contributed by atoms with Crippen molar-refractivity contribution in [2.45, 2.75) is 25.4 Å². The zero-order valence-corrected chi connectivity index (χ0v) is 14.9. The molecule has 2 atom stereocenters. The lowest BCUT2D eigenvalue weighted by Crippen LogP contribution is -2.58. The van der Waals surface area contributed by atoms with E-state index in [0.717, 1.165) is 38.0 Å². The second-order valence-electron chi connectivity index (χ2n) is 6.81. The largest absolute Gasteiger partial charge is 0.477 e. The number of fused-ring (bicyclic) bond motifs is 1. The van der Waals surface area contributed by atoms with Gasteiger partial charge in [0.2, 0.25) is 5.88 Å². The number of thiophene rings is 1. The second kappa shape index (κ2) is 7.14. The number of pyridine rings is 1. The van der Waals surface area contributed by atoms with E-state index in [4.69, 9.17) is 9.47 Å². The Morgan fingerprint density at radius 1 is 1.44 bits per heavy atom. The quantitative estimate of drug-likeness (QED) is 0.842. The van der Waals surface area contributed by atoms with Crippen molar-refractivity contribution < 1.29 is 14.3 Å². The molecule has 25 heavy (non-hydrogen) atoms. The van der Waals surface area contributed by atoms with Crippen LogP contribution in [0, 0.1) is 5.41 Å². The van der Waals surface area contributed by atoms with E-state index in [-0.39, 0.29) is 17.4 Å². The summed E-state index contributed by atoms with van der Waals surface area (Å²) in [5, 5.41) is 3.87. The molecule has 0 N–H and O–H groups in total. The number of hydrogen-bond acceptors (Lipinski definition) is 5. The Morgan fingerprint density at radius 2 is 2.40 bits per heavy atom. The van der Waals surface area contributed by atoms with Crippen molar-refractivity contribution in [2.75, 3.05) is 26.3 Å². The Kier molecular flexibility index (Phi) is 4.72. The van der Waals surface area contributed by atoms with E-state index < -0.39 is 0 Å². The first-order valence-corrected chi connectivity index (χ1v) is 9.68. The topological polar surface area (TPSA) is 51.7 Å². The third-order valence-corrected chi connectivity index (χ3v) is 5.87. The normalized spacial score (nSPS) is 26.1. The van der Waals surface area contributed by atoms with E-state index in [1.54, 1.807) is 17.5 Å². The first-order valence-electron chi connectivity index (χ1n) is 8.74.